The van der Waals surface area contributed by atoms with Gasteiger partial charge in [-0.1, -0.05) is 18.7 Å². The fourth-order valence-electron chi connectivity index (χ4n) is 1.48. The van der Waals surface area contributed by atoms with Gasteiger partial charge in [-0.2, -0.15) is 0 Å². The van der Waals surface area contributed by atoms with Crippen LogP contribution in [0.3, 0.4) is 0 Å². The second-order valence-electron chi connectivity index (χ2n) is 4.17. The predicted molar refractivity (Wildman–Crippen MR) is 63.3 cm³/mol. The average Bonchev–Trinajstić information content (AvgIpc) is 2.65. The van der Waals surface area contributed by atoms with Gasteiger partial charge in [0.1, 0.15) is 6.04 Å². The summed E-state index contributed by atoms with van der Waals surface area (Å²) in [6, 6.07) is -0.443. The molecule has 0 aromatic heterocycles. The number of thioether (sulfide) groups is 1. The van der Waals surface area contributed by atoms with Crippen molar-refractivity contribution in [1.29, 1.82) is 0 Å². The monoisotopic (exact) mass is 246 g/mol. The lowest BCUT2D eigenvalue weighted by Gasteiger charge is -2.30. The van der Waals surface area contributed by atoms with Crippen LogP contribution in [0, 0.1) is 0 Å². The second-order valence-corrected chi connectivity index (χ2v) is 5.17. The third kappa shape index (κ3) is 3.38. The van der Waals surface area contributed by atoms with Crippen LogP contribution in [0.15, 0.2) is 0 Å². The molecule has 2 amide bonds. The van der Waals surface area contributed by atoms with Gasteiger partial charge in [-0.3, -0.25) is 9.59 Å². The van der Waals surface area contributed by atoms with E-state index < -0.39 is 11.6 Å². The fraction of sp³-hybridized carbons (Fsp3) is 0.800. The van der Waals surface area contributed by atoms with E-state index >= 15 is 0 Å². The van der Waals surface area contributed by atoms with Crippen molar-refractivity contribution >= 4 is 22.9 Å². The molecule has 0 aromatic carbocycles. The summed E-state index contributed by atoms with van der Waals surface area (Å²) >= 11 is 1.12. The molecule has 2 unspecified atom stereocenters. The second kappa shape index (κ2) is 5.54. The molecule has 1 rings (SSSR count). The number of amides is 2. The molecule has 0 radical (unpaired) electrons. The molecule has 92 valence electrons. The summed E-state index contributed by atoms with van der Waals surface area (Å²) in [5, 5.41) is 14.2. The van der Waals surface area contributed by atoms with Crippen LogP contribution in [0.4, 0.5) is 4.79 Å². The Kier molecular flexibility index (Phi) is 4.61. The number of carbonyl (C=O) groups excluding carboxylic acids is 2. The quantitative estimate of drug-likeness (QED) is 0.659. The van der Waals surface area contributed by atoms with E-state index in [9.17, 15) is 9.59 Å². The summed E-state index contributed by atoms with van der Waals surface area (Å²) in [4.78, 5) is 22.8. The molecule has 1 aliphatic heterocycles. The molecular formula is C10H18N2O3S. The van der Waals surface area contributed by atoms with Crippen LogP contribution >= 0.6 is 11.8 Å². The summed E-state index contributed by atoms with van der Waals surface area (Å²) < 4.78 is 0. The van der Waals surface area contributed by atoms with Crippen LogP contribution in [0.1, 0.15) is 26.7 Å². The Morgan fingerprint density at radius 3 is 2.88 bits per heavy atom. The van der Waals surface area contributed by atoms with Gasteiger partial charge in [-0.25, -0.2) is 0 Å². The van der Waals surface area contributed by atoms with Crippen LogP contribution in [0.5, 0.6) is 0 Å². The smallest absolute Gasteiger partial charge is 0.279 e. The van der Waals surface area contributed by atoms with Crippen LogP contribution in [0.25, 0.3) is 0 Å². The number of hydrogen-bond donors (Lipinski definition) is 3. The maximum Gasteiger partial charge on any atom is 0.279 e. The first-order valence-electron chi connectivity index (χ1n) is 5.37. The molecule has 0 bridgehead atoms. The van der Waals surface area contributed by atoms with Gasteiger partial charge in [-0.05, 0) is 19.8 Å². The molecular weight excluding hydrogens is 228 g/mol. The van der Waals surface area contributed by atoms with Gasteiger partial charge in [0.2, 0.25) is 5.91 Å². The molecule has 1 saturated heterocycles. The predicted octanol–water partition coefficient (Wildman–Crippen LogP) is 0.479. The minimum atomic E-state index is -0.443. The molecule has 1 fully saturated rings. The Hall–Kier alpha value is -0.750. The van der Waals surface area contributed by atoms with E-state index in [-0.39, 0.29) is 17.8 Å². The van der Waals surface area contributed by atoms with E-state index in [2.05, 4.69) is 10.6 Å². The zero-order valence-corrected chi connectivity index (χ0v) is 10.4. The third-order valence-corrected chi connectivity index (χ3v) is 3.74. The standard InChI is InChI=1S/C10H18N2O3S/c1-3-10(2,4-5-13)12-8(14)7-6-16-9(15)11-7/h7,13H,3-6H2,1-2H3,(H,11,15)(H,12,14). The highest BCUT2D eigenvalue weighted by Crippen LogP contribution is 2.17. The Balaban J connectivity index is 2.52. The van der Waals surface area contributed by atoms with E-state index in [0.717, 1.165) is 18.2 Å². The van der Waals surface area contributed by atoms with E-state index in [0.29, 0.717) is 12.2 Å². The first kappa shape index (κ1) is 13.3. The molecule has 0 aromatic rings. The number of rotatable bonds is 5. The maximum absolute atomic E-state index is 11.8. The van der Waals surface area contributed by atoms with E-state index in [4.69, 9.17) is 5.11 Å². The highest BCUT2D eigenvalue weighted by atomic mass is 32.2. The van der Waals surface area contributed by atoms with Crippen molar-refractivity contribution in [3.8, 4) is 0 Å². The lowest BCUT2D eigenvalue weighted by atomic mass is 9.94. The highest BCUT2D eigenvalue weighted by molar-refractivity contribution is 8.14. The molecule has 0 aliphatic carbocycles. The molecule has 2 atom stereocenters. The van der Waals surface area contributed by atoms with E-state index in [1.807, 2.05) is 13.8 Å². The molecule has 3 N–H and O–H groups in total. The van der Waals surface area contributed by atoms with Crippen molar-refractivity contribution in [2.75, 3.05) is 12.4 Å². The van der Waals surface area contributed by atoms with Crippen molar-refractivity contribution in [3.63, 3.8) is 0 Å². The van der Waals surface area contributed by atoms with Crippen molar-refractivity contribution in [1.82, 2.24) is 10.6 Å². The first-order chi connectivity index (χ1) is 7.50. The number of aliphatic hydroxyl groups is 1. The summed E-state index contributed by atoms with van der Waals surface area (Å²) in [5.74, 6) is 0.306. The van der Waals surface area contributed by atoms with Crippen LogP contribution in [-0.4, -0.2) is 40.2 Å². The molecule has 1 aliphatic rings. The van der Waals surface area contributed by atoms with E-state index in [1.54, 1.807) is 0 Å². The van der Waals surface area contributed by atoms with Gasteiger partial charge < -0.3 is 15.7 Å². The number of hydrogen-bond acceptors (Lipinski definition) is 4. The van der Waals surface area contributed by atoms with Crippen molar-refractivity contribution in [3.05, 3.63) is 0 Å². The first-order valence-corrected chi connectivity index (χ1v) is 6.35. The number of carbonyl (C=O) groups is 2. The zero-order valence-electron chi connectivity index (χ0n) is 9.58. The maximum atomic E-state index is 11.8. The third-order valence-electron chi connectivity index (χ3n) is 2.86. The Morgan fingerprint density at radius 2 is 2.44 bits per heavy atom. The van der Waals surface area contributed by atoms with Crippen LogP contribution in [0.2, 0.25) is 0 Å². The molecule has 0 saturated carbocycles. The Bertz CT molecular complexity index is 285. The minimum absolute atomic E-state index is 0.0381. The normalized spacial score (nSPS) is 23.7. The van der Waals surface area contributed by atoms with Gasteiger partial charge in [0.15, 0.2) is 0 Å². The fourth-order valence-corrected chi connectivity index (χ4v) is 2.26. The van der Waals surface area contributed by atoms with Crippen molar-refractivity contribution in [2.45, 2.75) is 38.3 Å². The lowest BCUT2D eigenvalue weighted by molar-refractivity contribution is -0.124. The van der Waals surface area contributed by atoms with Crippen LogP contribution in [-0.2, 0) is 4.79 Å². The summed E-state index contributed by atoms with van der Waals surface area (Å²) in [7, 11) is 0. The van der Waals surface area contributed by atoms with Gasteiger partial charge >= 0.3 is 0 Å². The lowest BCUT2D eigenvalue weighted by Crippen LogP contribution is -2.53. The summed E-state index contributed by atoms with van der Waals surface area (Å²) in [6.45, 7) is 3.89. The minimum Gasteiger partial charge on any atom is -0.396 e. The summed E-state index contributed by atoms with van der Waals surface area (Å²) in [5.41, 5.74) is -0.399. The SMILES string of the molecule is CCC(C)(CCO)NC(=O)C1CSC(=O)N1. The van der Waals surface area contributed by atoms with Crippen LogP contribution < -0.4 is 10.6 Å². The molecule has 6 heteroatoms. The Labute approximate surface area is 99.4 Å². The molecule has 5 nitrogen and oxygen atoms in total. The van der Waals surface area contributed by atoms with E-state index in [1.165, 1.54) is 0 Å². The van der Waals surface area contributed by atoms with Crippen molar-refractivity contribution < 1.29 is 14.7 Å². The molecule has 16 heavy (non-hydrogen) atoms. The van der Waals surface area contributed by atoms with Gasteiger partial charge in [0, 0.05) is 17.9 Å². The zero-order chi connectivity index (χ0) is 12.2. The number of nitrogens with one attached hydrogen (secondary N) is 2. The Morgan fingerprint density at radius 1 is 1.75 bits per heavy atom. The average molecular weight is 246 g/mol. The largest absolute Gasteiger partial charge is 0.396 e. The highest BCUT2D eigenvalue weighted by Gasteiger charge is 2.32. The topological polar surface area (TPSA) is 78.4 Å². The molecule has 1 heterocycles. The number of aliphatic hydroxyl groups excluding tert-OH is 1. The summed E-state index contributed by atoms with van der Waals surface area (Å²) in [6.07, 6.45) is 1.26. The van der Waals surface area contributed by atoms with Gasteiger partial charge in [0.05, 0.1) is 0 Å². The van der Waals surface area contributed by atoms with Gasteiger partial charge in [0.25, 0.3) is 5.24 Å². The van der Waals surface area contributed by atoms with Gasteiger partial charge in [-0.15, -0.1) is 0 Å². The molecule has 0 spiro atoms. The van der Waals surface area contributed by atoms with Crippen molar-refractivity contribution in [2.24, 2.45) is 0 Å².